The summed E-state index contributed by atoms with van der Waals surface area (Å²) in [5.41, 5.74) is 2.62. The van der Waals surface area contributed by atoms with Crippen molar-refractivity contribution in [2.45, 2.75) is 0 Å². The molecule has 1 aliphatic rings. The SMILES string of the molecule is CN1CCN(c2cccc(N(C)C)c2)CC1. The monoisotopic (exact) mass is 219 g/mol. The lowest BCUT2D eigenvalue weighted by atomic mass is 10.2. The van der Waals surface area contributed by atoms with Crippen LogP contribution in [0.3, 0.4) is 0 Å². The van der Waals surface area contributed by atoms with Crippen molar-refractivity contribution >= 4 is 11.4 Å². The van der Waals surface area contributed by atoms with Crippen LogP contribution in [-0.4, -0.2) is 52.2 Å². The third kappa shape index (κ3) is 2.47. The summed E-state index contributed by atoms with van der Waals surface area (Å²) in [6.45, 7) is 4.58. The highest BCUT2D eigenvalue weighted by Crippen LogP contribution is 2.21. The first kappa shape index (κ1) is 11.3. The molecule has 0 aromatic heterocycles. The zero-order valence-electron chi connectivity index (χ0n) is 10.5. The van der Waals surface area contributed by atoms with E-state index < -0.39 is 0 Å². The third-order valence-corrected chi connectivity index (χ3v) is 3.21. The highest BCUT2D eigenvalue weighted by Gasteiger charge is 2.14. The molecule has 1 aromatic carbocycles. The summed E-state index contributed by atoms with van der Waals surface area (Å²) in [4.78, 5) is 7.00. The van der Waals surface area contributed by atoms with E-state index in [0.717, 1.165) is 26.2 Å². The fourth-order valence-corrected chi connectivity index (χ4v) is 2.03. The van der Waals surface area contributed by atoms with Gasteiger partial charge >= 0.3 is 0 Å². The Hall–Kier alpha value is -1.22. The summed E-state index contributed by atoms with van der Waals surface area (Å²) in [6, 6.07) is 8.77. The molecule has 88 valence electrons. The van der Waals surface area contributed by atoms with Crippen molar-refractivity contribution in [2.75, 3.05) is 57.1 Å². The number of anilines is 2. The second kappa shape index (κ2) is 4.74. The van der Waals surface area contributed by atoms with Crippen molar-refractivity contribution in [3.8, 4) is 0 Å². The third-order valence-electron chi connectivity index (χ3n) is 3.21. The minimum Gasteiger partial charge on any atom is -0.378 e. The Bertz CT molecular complexity index is 341. The quantitative estimate of drug-likeness (QED) is 0.746. The summed E-state index contributed by atoms with van der Waals surface area (Å²) in [5.74, 6) is 0. The Kier molecular flexibility index (Phi) is 3.34. The first-order valence-corrected chi connectivity index (χ1v) is 5.88. The zero-order valence-corrected chi connectivity index (χ0v) is 10.5. The number of hydrogen-bond acceptors (Lipinski definition) is 3. The molecule has 0 aliphatic carbocycles. The molecule has 0 unspecified atom stereocenters. The molecule has 1 heterocycles. The first-order valence-electron chi connectivity index (χ1n) is 5.88. The minimum atomic E-state index is 1.13. The molecule has 16 heavy (non-hydrogen) atoms. The van der Waals surface area contributed by atoms with E-state index >= 15 is 0 Å². The van der Waals surface area contributed by atoms with Crippen molar-refractivity contribution in [1.29, 1.82) is 0 Å². The summed E-state index contributed by atoms with van der Waals surface area (Å²) >= 11 is 0. The van der Waals surface area contributed by atoms with Gasteiger partial charge in [-0.2, -0.15) is 0 Å². The molecule has 1 saturated heterocycles. The van der Waals surface area contributed by atoms with Crippen LogP contribution in [0.15, 0.2) is 24.3 Å². The molecule has 1 fully saturated rings. The van der Waals surface area contributed by atoms with E-state index in [2.05, 4.69) is 60.1 Å². The normalized spacial score (nSPS) is 17.6. The zero-order chi connectivity index (χ0) is 11.5. The number of piperazine rings is 1. The van der Waals surface area contributed by atoms with Crippen molar-refractivity contribution in [2.24, 2.45) is 0 Å². The predicted octanol–water partition coefficient (Wildman–Crippen LogP) is 1.50. The van der Waals surface area contributed by atoms with Crippen LogP contribution >= 0.6 is 0 Å². The van der Waals surface area contributed by atoms with Gasteiger partial charge in [0.05, 0.1) is 0 Å². The van der Waals surface area contributed by atoms with Crippen LogP contribution in [0.1, 0.15) is 0 Å². The van der Waals surface area contributed by atoms with Crippen LogP contribution in [-0.2, 0) is 0 Å². The highest BCUT2D eigenvalue weighted by atomic mass is 15.2. The van der Waals surface area contributed by atoms with Gasteiger partial charge < -0.3 is 14.7 Å². The lowest BCUT2D eigenvalue weighted by molar-refractivity contribution is 0.313. The maximum Gasteiger partial charge on any atom is 0.0387 e. The number of hydrogen-bond donors (Lipinski definition) is 0. The van der Waals surface area contributed by atoms with Crippen molar-refractivity contribution in [3.05, 3.63) is 24.3 Å². The second-order valence-corrected chi connectivity index (χ2v) is 4.70. The van der Waals surface area contributed by atoms with Crippen LogP contribution in [0.2, 0.25) is 0 Å². The number of rotatable bonds is 2. The number of nitrogens with zero attached hydrogens (tertiary/aromatic N) is 3. The molecular weight excluding hydrogens is 198 g/mol. The van der Waals surface area contributed by atoms with Crippen molar-refractivity contribution in [3.63, 3.8) is 0 Å². The van der Waals surface area contributed by atoms with Gasteiger partial charge in [0.15, 0.2) is 0 Å². The molecule has 0 N–H and O–H groups in total. The van der Waals surface area contributed by atoms with Crippen LogP contribution < -0.4 is 9.80 Å². The van der Waals surface area contributed by atoms with Gasteiger partial charge in [-0.05, 0) is 25.2 Å². The lowest BCUT2D eigenvalue weighted by Crippen LogP contribution is -2.44. The molecular formula is C13H21N3. The second-order valence-electron chi connectivity index (χ2n) is 4.70. The van der Waals surface area contributed by atoms with Crippen molar-refractivity contribution in [1.82, 2.24) is 4.90 Å². The van der Waals surface area contributed by atoms with Crippen LogP contribution in [0.5, 0.6) is 0 Å². The Morgan fingerprint density at radius 2 is 1.75 bits per heavy atom. The average Bonchev–Trinajstić information content (AvgIpc) is 2.30. The molecule has 0 amide bonds. The Labute approximate surface area is 98.3 Å². The summed E-state index contributed by atoms with van der Waals surface area (Å²) in [7, 11) is 6.36. The Morgan fingerprint density at radius 1 is 1.06 bits per heavy atom. The molecule has 2 rings (SSSR count). The summed E-state index contributed by atoms with van der Waals surface area (Å²) < 4.78 is 0. The van der Waals surface area contributed by atoms with E-state index in [1.54, 1.807) is 0 Å². The molecule has 0 spiro atoms. The molecule has 1 aliphatic heterocycles. The van der Waals surface area contributed by atoms with Gasteiger partial charge in [0, 0.05) is 51.6 Å². The van der Waals surface area contributed by atoms with Crippen molar-refractivity contribution < 1.29 is 0 Å². The highest BCUT2D eigenvalue weighted by molar-refractivity contribution is 5.59. The van der Waals surface area contributed by atoms with Crippen LogP contribution in [0.25, 0.3) is 0 Å². The van der Waals surface area contributed by atoms with E-state index in [4.69, 9.17) is 0 Å². The molecule has 1 aromatic rings. The summed E-state index contributed by atoms with van der Waals surface area (Å²) in [6.07, 6.45) is 0. The fourth-order valence-electron chi connectivity index (χ4n) is 2.03. The molecule has 0 saturated carbocycles. The standard InChI is InChI=1S/C13H21N3/c1-14(2)12-5-4-6-13(11-12)16-9-7-15(3)8-10-16/h4-6,11H,7-10H2,1-3H3. The lowest BCUT2D eigenvalue weighted by Gasteiger charge is -2.34. The van der Waals surface area contributed by atoms with Crippen LogP contribution in [0.4, 0.5) is 11.4 Å². The van der Waals surface area contributed by atoms with E-state index in [9.17, 15) is 0 Å². The van der Waals surface area contributed by atoms with Gasteiger partial charge in [-0.15, -0.1) is 0 Å². The van der Waals surface area contributed by atoms with E-state index in [0.29, 0.717) is 0 Å². The predicted molar refractivity (Wildman–Crippen MR) is 70.5 cm³/mol. The largest absolute Gasteiger partial charge is 0.378 e. The van der Waals surface area contributed by atoms with Gasteiger partial charge in [0.25, 0.3) is 0 Å². The molecule has 0 atom stereocenters. The topological polar surface area (TPSA) is 9.72 Å². The van der Waals surface area contributed by atoms with Gasteiger partial charge in [-0.3, -0.25) is 0 Å². The number of likely N-dealkylation sites (N-methyl/N-ethyl adjacent to an activating group) is 1. The molecule has 3 heteroatoms. The smallest absolute Gasteiger partial charge is 0.0387 e. The molecule has 0 radical (unpaired) electrons. The van der Waals surface area contributed by atoms with E-state index in [1.807, 2.05) is 0 Å². The maximum absolute atomic E-state index is 2.47. The van der Waals surface area contributed by atoms with Crippen LogP contribution in [0, 0.1) is 0 Å². The Morgan fingerprint density at radius 3 is 2.38 bits per heavy atom. The van der Waals surface area contributed by atoms with Gasteiger partial charge in [-0.1, -0.05) is 6.07 Å². The minimum absolute atomic E-state index is 1.13. The molecule has 3 nitrogen and oxygen atoms in total. The summed E-state index contributed by atoms with van der Waals surface area (Å²) in [5, 5.41) is 0. The van der Waals surface area contributed by atoms with Gasteiger partial charge in [0.1, 0.15) is 0 Å². The average molecular weight is 219 g/mol. The van der Waals surface area contributed by atoms with E-state index in [1.165, 1.54) is 11.4 Å². The Balaban J connectivity index is 2.11. The first-order chi connectivity index (χ1) is 7.66. The van der Waals surface area contributed by atoms with Gasteiger partial charge in [-0.25, -0.2) is 0 Å². The fraction of sp³-hybridized carbons (Fsp3) is 0.538. The van der Waals surface area contributed by atoms with Gasteiger partial charge in [0.2, 0.25) is 0 Å². The maximum atomic E-state index is 2.47. The van der Waals surface area contributed by atoms with E-state index in [-0.39, 0.29) is 0 Å². The number of benzene rings is 1. The molecule has 0 bridgehead atoms.